The molecule has 2 amide bonds. The molecule has 0 bridgehead atoms. The van der Waals surface area contributed by atoms with E-state index in [1.807, 2.05) is 31.2 Å². The molecule has 3 aromatic carbocycles. The molecule has 0 radical (unpaired) electrons. The molecule has 1 fully saturated rings. The fraction of sp³-hybridized carbons (Fsp3) is 0.333. The van der Waals surface area contributed by atoms with Gasteiger partial charge in [0.15, 0.2) is 0 Å². The minimum absolute atomic E-state index is 0.0828. The van der Waals surface area contributed by atoms with Gasteiger partial charge in [-0.25, -0.2) is 8.42 Å². The van der Waals surface area contributed by atoms with Crippen LogP contribution in [-0.4, -0.2) is 43.8 Å². The number of sulfonamides is 1. The van der Waals surface area contributed by atoms with Gasteiger partial charge in [-0.3, -0.25) is 13.9 Å². The van der Waals surface area contributed by atoms with Crippen molar-refractivity contribution in [2.45, 2.75) is 63.1 Å². The Labute approximate surface area is 253 Å². The van der Waals surface area contributed by atoms with E-state index < -0.39 is 28.5 Å². The van der Waals surface area contributed by atoms with Crippen LogP contribution < -0.4 is 9.62 Å². The van der Waals surface area contributed by atoms with Crippen molar-refractivity contribution in [2.75, 3.05) is 10.8 Å². The van der Waals surface area contributed by atoms with Gasteiger partial charge in [-0.05, 0) is 80.8 Å². The summed E-state index contributed by atoms with van der Waals surface area (Å²) in [5, 5.41) is 3.08. The first-order valence-electron chi connectivity index (χ1n) is 13.2. The normalized spacial score (nSPS) is 14.5. The molecule has 0 unspecified atom stereocenters. The summed E-state index contributed by atoms with van der Waals surface area (Å²) in [6, 6.07) is 20.1. The molecule has 0 heterocycles. The molecule has 1 aliphatic carbocycles. The first-order chi connectivity index (χ1) is 19.0. The van der Waals surface area contributed by atoms with Crippen molar-refractivity contribution >= 4 is 59.4 Å². The number of nitrogens with one attached hydrogen (secondary N) is 1. The van der Waals surface area contributed by atoms with Gasteiger partial charge < -0.3 is 10.2 Å². The van der Waals surface area contributed by atoms with Crippen molar-refractivity contribution in [3.05, 3.63) is 92.9 Å². The molecule has 1 atom stereocenters. The maximum absolute atomic E-state index is 14.0. The predicted octanol–water partition coefficient (Wildman–Crippen LogP) is 6.19. The van der Waals surface area contributed by atoms with Crippen LogP contribution in [0.25, 0.3) is 0 Å². The third-order valence-electron chi connectivity index (χ3n) is 7.11. The average Bonchev–Trinajstić information content (AvgIpc) is 3.44. The van der Waals surface area contributed by atoms with Crippen LogP contribution in [0.3, 0.4) is 0 Å². The molecular weight excluding hydrogens is 658 g/mol. The summed E-state index contributed by atoms with van der Waals surface area (Å²) >= 11 is 6.87. The van der Waals surface area contributed by atoms with Gasteiger partial charge in [-0.15, -0.1) is 0 Å². The number of amides is 2. The number of nitrogens with zero attached hydrogens (tertiary/aromatic N) is 2. The van der Waals surface area contributed by atoms with Gasteiger partial charge in [0.25, 0.3) is 10.0 Å². The van der Waals surface area contributed by atoms with E-state index in [-0.39, 0.29) is 23.4 Å². The molecule has 212 valence electrons. The lowest BCUT2D eigenvalue weighted by atomic mass is 10.1. The second kappa shape index (κ2) is 13.3. The molecule has 1 N–H and O–H groups in total. The lowest BCUT2D eigenvalue weighted by molar-refractivity contribution is -0.139. The summed E-state index contributed by atoms with van der Waals surface area (Å²) in [6.45, 7) is 3.26. The van der Waals surface area contributed by atoms with E-state index in [1.165, 1.54) is 17.0 Å². The van der Waals surface area contributed by atoms with Gasteiger partial charge in [0, 0.05) is 21.5 Å². The van der Waals surface area contributed by atoms with Crippen LogP contribution in [0.1, 0.15) is 43.7 Å². The third-order valence-corrected chi connectivity index (χ3v) is 9.92. The Morgan fingerprint density at radius 2 is 1.60 bits per heavy atom. The van der Waals surface area contributed by atoms with E-state index in [1.54, 1.807) is 43.3 Å². The van der Waals surface area contributed by atoms with Gasteiger partial charge in [-0.1, -0.05) is 74.5 Å². The molecule has 0 aliphatic heterocycles. The zero-order valence-electron chi connectivity index (χ0n) is 22.5. The van der Waals surface area contributed by atoms with Gasteiger partial charge in [0.05, 0.1) is 10.6 Å². The van der Waals surface area contributed by atoms with Crippen LogP contribution in [0.2, 0.25) is 0 Å². The van der Waals surface area contributed by atoms with Crippen LogP contribution in [0.4, 0.5) is 5.69 Å². The first kappa shape index (κ1) is 30.3. The van der Waals surface area contributed by atoms with E-state index in [4.69, 9.17) is 0 Å². The second-order valence-electron chi connectivity index (χ2n) is 10.1. The molecule has 4 rings (SSSR count). The Bertz CT molecular complexity index is 1440. The summed E-state index contributed by atoms with van der Waals surface area (Å²) in [7, 11) is -4.09. The Morgan fingerprint density at radius 1 is 0.950 bits per heavy atom. The quantitative estimate of drug-likeness (QED) is 0.275. The topological polar surface area (TPSA) is 86.8 Å². The van der Waals surface area contributed by atoms with Crippen LogP contribution in [-0.2, 0) is 26.2 Å². The Balaban J connectivity index is 1.68. The molecular formula is C30H33Br2N3O4S. The number of benzene rings is 3. The van der Waals surface area contributed by atoms with Crippen molar-refractivity contribution in [3.8, 4) is 0 Å². The minimum Gasteiger partial charge on any atom is -0.352 e. The number of hydrogen-bond acceptors (Lipinski definition) is 4. The highest BCUT2D eigenvalue weighted by atomic mass is 79.9. The zero-order valence-corrected chi connectivity index (χ0v) is 26.5. The van der Waals surface area contributed by atoms with Crippen LogP contribution >= 0.6 is 31.9 Å². The lowest BCUT2D eigenvalue weighted by Gasteiger charge is -2.32. The number of carbonyl (C=O) groups is 2. The number of aryl methyl sites for hydroxylation is 1. The molecule has 10 heteroatoms. The molecule has 1 saturated carbocycles. The predicted molar refractivity (Wildman–Crippen MR) is 164 cm³/mol. The highest BCUT2D eigenvalue weighted by molar-refractivity contribution is 9.10. The smallest absolute Gasteiger partial charge is 0.264 e. The highest BCUT2D eigenvalue weighted by Gasteiger charge is 2.33. The van der Waals surface area contributed by atoms with Gasteiger partial charge in [-0.2, -0.15) is 0 Å². The monoisotopic (exact) mass is 689 g/mol. The fourth-order valence-electron chi connectivity index (χ4n) is 4.78. The van der Waals surface area contributed by atoms with Gasteiger partial charge >= 0.3 is 0 Å². The zero-order chi connectivity index (χ0) is 28.9. The van der Waals surface area contributed by atoms with Crippen LogP contribution in [0.5, 0.6) is 0 Å². The number of halogens is 2. The maximum Gasteiger partial charge on any atom is 0.264 e. The molecule has 3 aromatic rings. The summed E-state index contributed by atoms with van der Waals surface area (Å²) in [5.74, 6) is -0.723. The lowest BCUT2D eigenvalue weighted by Crippen LogP contribution is -2.52. The molecule has 40 heavy (non-hydrogen) atoms. The summed E-state index contributed by atoms with van der Waals surface area (Å²) < 4.78 is 30.5. The van der Waals surface area contributed by atoms with Crippen molar-refractivity contribution in [1.82, 2.24) is 10.2 Å². The fourth-order valence-corrected chi connectivity index (χ4v) is 6.91. The van der Waals surface area contributed by atoms with Gasteiger partial charge in [0.1, 0.15) is 12.6 Å². The molecule has 0 aromatic heterocycles. The Kier molecular flexibility index (Phi) is 10.1. The van der Waals surface area contributed by atoms with Gasteiger partial charge in [0.2, 0.25) is 11.8 Å². The van der Waals surface area contributed by atoms with Crippen molar-refractivity contribution in [1.29, 1.82) is 0 Å². The molecule has 0 spiro atoms. The Hall–Kier alpha value is -2.69. The summed E-state index contributed by atoms with van der Waals surface area (Å²) in [6.07, 6.45) is 3.98. The van der Waals surface area contributed by atoms with Crippen molar-refractivity contribution in [2.24, 2.45) is 0 Å². The van der Waals surface area contributed by atoms with E-state index in [0.717, 1.165) is 50.1 Å². The maximum atomic E-state index is 14.0. The van der Waals surface area contributed by atoms with E-state index in [0.29, 0.717) is 5.69 Å². The van der Waals surface area contributed by atoms with E-state index in [9.17, 15) is 18.0 Å². The van der Waals surface area contributed by atoms with E-state index in [2.05, 4.69) is 37.2 Å². The Morgan fingerprint density at radius 3 is 2.23 bits per heavy atom. The van der Waals surface area contributed by atoms with Crippen LogP contribution in [0, 0.1) is 6.92 Å². The number of anilines is 1. The molecule has 1 aliphatic rings. The second-order valence-corrected chi connectivity index (χ2v) is 13.8. The molecule has 0 saturated heterocycles. The highest BCUT2D eigenvalue weighted by Crippen LogP contribution is 2.27. The number of carbonyl (C=O) groups excluding carboxylic acids is 2. The van der Waals surface area contributed by atoms with Crippen molar-refractivity contribution < 1.29 is 18.0 Å². The number of rotatable bonds is 10. The average molecular weight is 691 g/mol. The molecule has 7 nitrogen and oxygen atoms in total. The number of hydrogen-bond donors (Lipinski definition) is 1. The SMILES string of the molecule is Cc1ccc(S(=O)(=O)N(CC(=O)N(Cc2cccc(Br)c2)[C@H](C)C(=O)NC2CCCC2)c2ccc(Br)cc2)cc1. The minimum atomic E-state index is -4.09. The first-order valence-corrected chi connectivity index (χ1v) is 16.3. The third kappa shape index (κ3) is 7.53. The standard InChI is InChI=1S/C30H33Br2N3O4S/c1-21-10-16-28(17-11-21)40(38,39)35(27-14-12-24(31)13-15-27)20-29(36)34(19-23-6-5-7-25(32)18-23)22(2)30(37)33-26-8-3-4-9-26/h5-7,10-18,22,26H,3-4,8-9,19-20H2,1-2H3,(H,33,37)/t22-/m1/s1. The van der Waals surface area contributed by atoms with Crippen LogP contribution in [0.15, 0.2) is 86.6 Å². The summed E-state index contributed by atoms with van der Waals surface area (Å²) in [5.41, 5.74) is 2.09. The largest absolute Gasteiger partial charge is 0.352 e. The summed E-state index contributed by atoms with van der Waals surface area (Å²) in [4.78, 5) is 28.9. The van der Waals surface area contributed by atoms with E-state index >= 15 is 0 Å². The van der Waals surface area contributed by atoms with Crippen molar-refractivity contribution in [3.63, 3.8) is 0 Å².